The van der Waals surface area contributed by atoms with E-state index in [2.05, 4.69) is 86.7 Å². The molecule has 0 fully saturated rings. The van der Waals surface area contributed by atoms with Gasteiger partial charge in [-0.05, 0) is 67.0 Å². The van der Waals surface area contributed by atoms with Crippen molar-refractivity contribution in [3.05, 3.63) is 83.4 Å². The molecule has 1 heterocycles. The topological polar surface area (TPSA) is 18.5 Å². The van der Waals surface area contributed by atoms with Crippen molar-refractivity contribution in [2.45, 2.75) is 33.2 Å². The normalized spacial score (nSPS) is 13.9. The second-order valence-electron chi connectivity index (χ2n) is 9.27. The molecule has 0 amide bonds. The molecular weight excluding hydrogens is 408 g/mol. The van der Waals surface area contributed by atoms with Crippen LogP contribution in [0.4, 0.5) is 0 Å². The predicted octanol–water partition coefficient (Wildman–Crippen LogP) is 5.91. The second-order valence-corrected chi connectivity index (χ2v) is 13.6. The Morgan fingerprint density at radius 1 is 0.719 bits per heavy atom. The Balaban J connectivity index is 2.03. The molecule has 5 rings (SSSR count). The SMILES string of the molecule is COCc1c(C)c2c(c(-c3ccccc3)c1COC)[Si](C)(C)c1cccc3cccc-2c13. The third-order valence-corrected chi connectivity index (χ3v) is 10.6. The molecule has 4 aromatic rings. The number of fused-ring (bicyclic) bond motifs is 2. The van der Waals surface area contributed by atoms with Crippen LogP contribution in [0.3, 0.4) is 0 Å². The average molecular weight is 439 g/mol. The fourth-order valence-corrected chi connectivity index (χ4v) is 9.28. The molecule has 0 saturated heterocycles. The summed E-state index contributed by atoms with van der Waals surface area (Å²) in [6.07, 6.45) is 0. The van der Waals surface area contributed by atoms with Crippen LogP contribution in [-0.4, -0.2) is 22.3 Å². The first-order valence-corrected chi connectivity index (χ1v) is 14.2. The molecule has 162 valence electrons. The van der Waals surface area contributed by atoms with Gasteiger partial charge in [0.1, 0.15) is 8.07 Å². The van der Waals surface area contributed by atoms with Crippen molar-refractivity contribution in [3.8, 4) is 22.3 Å². The Kier molecular flexibility index (Phi) is 5.29. The van der Waals surface area contributed by atoms with Gasteiger partial charge in [0.2, 0.25) is 0 Å². The van der Waals surface area contributed by atoms with Gasteiger partial charge in [0.25, 0.3) is 0 Å². The summed E-state index contributed by atoms with van der Waals surface area (Å²) in [4.78, 5) is 0. The first-order valence-electron chi connectivity index (χ1n) is 11.2. The van der Waals surface area contributed by atoms with Crippen LogP contribution in [0, 0.1) is 6.92 Å². The van der Waals surface area contributed by atoms with Gasteiger partial charge in [0.15, 0.2) is 0 Å². The largest absolute Gasteiger partial charge is 0.380 e. The van der Waals surface area contributed by atoms with Gasteiger partial charge >= 0.3 is 0 Å². The van der Waals surface area contributed by atoms with Crippen LogP contribution in [0.2, 0.25) is 13.1 Å². The van der Waals surface area contributed by atoms with Crippen LogP contribution in [0.15, 0.2) is 66.7 Å². The van der Waals surface area contributed by atoms with Crippen molar-refractivity contribution in [2.24, 2.45) is 0 Å². The number of benzene rings is 4. The van der Waals surface area contributed by atoms with Gasteiger partial charge in [-0.2, -0.15) is 0 Å². The zero-order valence-corrected chi connectivity index (χ0v) is 20.6. The number of rotatable bonds is 5. The van der Waals surface area contributed by atoms with Crippen molar-refractivity contribution in [1.29, 1.82) is 0 Å². The average Bonchev–Trinajstić information content (AvgIpc) is 2.80. The third-order valence-electron chi connectivity index (χ3n) is 7.11. The third kappa shape index (κ3) is 3.00. The van der Waals surface area contributed by atoms with Crippen LogP contribution in [0.25, 0.3) is 33.0 Å². The number of hydrogen-bond donors (Lipinski definition) is 0. The maximum Gasteiger partial charge on any atom is 0.114 e. The molecule has 0 spiro atoms. The van der Waals surface area contributed by atoms with E-state index in [-0.39, 0.29) is 0 Å². The van der Waals surface area contributed by atoms with E-state index in [9.17, 15) is 0 Å². The maximum atomic E-state index is 5.78. The van der Waals surface area contributed by atoms with Gasteiger partial charge in [0, 0.05) is 14.2 Å². The quantitative estimate of drug-likeness (QED) is 0.361. The summed E-state index contributed by atoms with van der Waals surface area (Å²) in [6, 6.07) is 24.5. The summed E-state index contributed by atoms with van der Waals surface area (Å²) < 4.78 is 11.5. The zero-order chi connectivity index (χ0) is 22.5. The first-order chi connectivity index (χ1) is 15.5. The van der Waals surface area contributed by atoms with Crippen molar-refractivity contribution in [1.82, 2.24) is 0 Å². The van der Waals surface area contributed by atoms with Gasteiger partial charge < -0.3 is 9.47 Å². The number of methoxy groups -OCH3 is 2. The van der Waals surface area contributed by atoms with E-state index < -0.39 is 8.07 Å². The highest BCUT2D eigenvalue weighted by Crippen LogP contribution is 2.42. The van der Waals surface area contributed by atoms with Crippen LogP contribution in [0.5, 0.6) is 0 Å². The lowest BCUT2D eigenvalue weighted by Crippen LogP contribution is -2.57. The minimum atomic E-state index is -2.02. The summed E-state index contributed by atoms with van der Waals surface area (Å²) in [7, 11) is 1.55. The van der Waals surface area contributed by atoms with Crippen molar-refractivity contribution in [2.75, 3.05) is 14.2 Å². The molecule has 0 atom stereocenters. The molecular formula is C29H30O2Si. The smallest absolute Gasteiger partial charge is 0.114 e. The minimum Gasteiger partial charge on any atom is -0.380 e. The van der Waals surface area contributed by atoms with Gasteiger partial charge in [-0.3, -0.25) is 0 Å². The molecule has 1 aliphatic rings. The molecule has 0 aromatic heterocycles. The molecule has 0 bridgehead atoms. The Morgan fingerprint density at radius 2 is 1.38 bits per heavy atom. The minimum absolute atomic E-state index is 0.577. The van der Waals surface area contributed by atoms with Gasteiger partial charge in [0.05, 0.1) is 13.2 Å². The summed E-state index contributed by atoms with van der Waals surface area (Å²) in [5.74, 6) is 0. The lowest BCUT2D eigenvalue weighted by molar-refractivity contribution is 0.168. The van der Waals surface area contributed by atoms with Crippen LogP contribution in [-0.2, 0) is 22.7 Å². The Hall–Kier alpha value is -2.72. The van der Waals surface area contributed by atoms with Gasteiger partial charge in [-0.15, -0.1) is 0 Å². The monoisotopic (exact) mass is 438 g/mol. The van der Waals surface area contributed by atoms with E-state index in [1.165, 1.54) is 60.1 Å². The highest BCUT2D eigenvalue weighted by atomic mass is 28.3. The molecule has 0 N–H and O–H groups in total. The lowest BCUT2D eigenvalue weighted by atomic mass is 9.85. The molecule has 32 heavy (non-hydrogen) atoms. The molecule has 4 aromatic carbocycles. The molecule has 0 saturated carbocycles. The van der Waals surface area contributed by atoms with E-state index in [4.69, 9.17) is 9.47 Å². The fraction of sp³-hybridized carbons (Fsp3) is 0.241. The van der Waals surface area contributed by atoms with E-state index in [1.54, 1.807) is 14.2 Å². The molecule has 0 radical (unpaired) electrons. The highest BCUT2D eigenvalue weighted by molar-refractivity contribution is 7.04. The summed E-state index contributed by atoms with van der Waals surface area (Å²) in [5, 5.41) is 5.82. The van der Waals surface area contributed by atoms with Crippen LogP contribution in [0.1, 0.15) is 16.7 Å². The van der Waals surface area contributed by atoms with Crippen molar-refractivity contribution >= 4 is 29.2 Å². The zero-order valence-electron chi connectivity index (χ0n) is 19.6. The Morgan fingerprint density at radius 3 is 2.06 bits per heavy atom. The van der Waals surface area contributed by atoms with E-state index in [0.717, 1.165) is 0 Å². The van der Waals surface area contributed by atoms with E-state index >= 15 is 0 Å². The molecule has 2 nitrogen and oxygen atoms in total. The molecule has 0 unspecified atom stereocenters. The van der Waals surface area contributed by atoms with Gasteiger partial charge in [-0.25, -0.2) is 0 Å². The number of ether oxygens (including phenoxy) is 2. The lowest BCUT2D eigenvalue weighted by Gasteiger charge is -2.38. The summed E-state index contributed by atoms with van der Waals surface area (Å²) in [6.45, 7) is 8.45. The van der Waals surface area contributed by atoms with Crippen molar-refractivity contribution in [3.63, 3.8) is 0 Å². The van der Waals surface area contributed by atoms with Crippen LogP contribution < -0.4 is 10.4 Å². The van der Waals surface area contributed by atoms with Gasteiger partial charge in [-0.1, -0.05) is 79.8 Å². The maximum absolute atomic E-state index is 5.78. The highest BCUT2D eigenvalue weighted by Gasteiger charge is 2.40. The Bertz CT molecular complexity index is 1320. The van der Waals surface area contributed by atoms with E-state index in [1.807, 2.05) is 0 Å². The Labute approximate surface area is 191 Å². The van der Waals surface area contributed by atoms with Crippen LogP contribution >= 0.6 is 0 Å². The molecule has 3 heteroatoms. The van der Waals surface area contributed by atoms with E-state index in [0.29, 0.717) is 13.2 Å². The summed E-state index contributed by atoms with van der Waals surface area (Å²) >= 11 is 0. The second kappa shape index (κ2) is 8.00. The standard InChI is InChI=1S/C29H30O2Si/c1-19-23(17-30-2)24(18-31-3)28(21-11-7-6-8-12-21)29-26(19)22-15-9-13-20-14-10-16-25(27(20)22)32(29,4)5/h6-16H,17-18H2,1-5H3. The fourth-order valence-electron chi connectivity index (χ4n) is 5.72. The molecule has 1 aliphatic heterocycles. The summed E-state index contributed by atoms with van der Waals surface area (Å²) in [5.41, 5.74) is 9.24. The molecule has 0 aliphatic carbocycles. The number of hydrogen-bond acceptors (Lipinski definition) is 2. The predicted molar refractivity (Wildman–Crippen MR) is 138 cm³/mol. The van der Waals surface area contributed by atoms with Crippen molar-refractivity contribution < 1.29 is 9.47 Å². The first kappa shape index (κ1) is 21.1.